The monoisotopic (exact) mass is 425 g/mol. The molecule has 1 atom stereocenters. The Bertz CT molecular complexity index is 884. The first-order chi connectivity index (χ1) is 12.7. The second-order valence-corrected chi connectivity index (χ2v) is 8.75. The fourth-order valence-corrected chi connectivity index (χ4v) is 4.30. The fraction of sp³-hybridized carbons (Fsp3) is 0.400. The second kappa shape index (κ2) is 8.59. The van der Waals surface area contributed by atoms with E-state index in [-0.39, 0.29) is 35.3 Å². The number of benzene rings is 1. The number of amides is 2. The normalized spacial score (nSPS) is 18.3. The third-order valence-electron chi connectivity index (χ3n) is 5.03. The fourth-order valence-electron chi connectivity index (χ4n) is 3.26. The van der Waals surface area contributed by atoms with Crippen LogP contribution < -0.4 is 11.1 Å². The predicted octanol–water partition coefficient (Wildman–Crippen LogP) is 4.07. The lowest BCUT2D eigenvalue weighted by Gasteiger charge is -2.42. The van der Waals surface area contributed by atoms with E-state index >= 15 is 0 Å². The summed E-state index contributed by atoms with van der Waals surface area (Å²) in [6.45, 7) is 7.23. The van der Waals surface area contributed by atoms with Crippen LogP contribution in [0.2, 0.25) is 0 Å². The van der Waals surface area contributed by atoms with Crippen LogP contribution in [-0.4, -0.2) is 35.8 Å². The maximum Gasteiger partial charge on any atom is 0.264 e. The van der Waals surface area contributed by atoms with E-state index in [0.29, 0.717) is 23.0 Å². The Morgan fingerprint density at radius 3 is 2.68 bits per heavy atom. The molecule has 1 fully saturated rings. The number of carbonyl (C=O) groups excluding carboxylic acids is 2. The first-order valence-corrected chi connectivity index (χ1v) is 9.71. The molecular weight excluding hydrogens is 401 g/mol. The number of rotatable bonds is 3. The molecule has 1 saturated heterocycles. The van der Waals surface area contributed by atoms with Crippen LogP contribution in [0, 0.1) is 18.2 Å². The number of nitrogens with zero attached hydrogens (tertiary/aromatic N) is 1. The van der Waals surface area contributed by atoms with Crippen LogP contribution in [0.1, 0.15) is 45.9 Å². The van der Waals surface area contributed by atoms with E-state index in [2.05, 4.69) is 19.2 Å². The van der Waals surface area contributed by atoms with Crippen LogP contribution >= 0.6 is 23.7 Å². The number of nitrogens with two attached hydrogens (primary N) is 1. The lowest BCUT2D eigenvalue weighted by molar-refractivity contribution is 0.0537. The quantitative estimate of drug-likeness (QED) is 0.778. The van der Waals surface area contributed by atoms with Crippen molar-refractivity contribution in [2.45, 2.75) is 33.2 Å². The molecule has 2 amide bonds. The Morgan fingerprint density at radius 2 is 2.04 bits per heavy atom. The number of carbonyl (C=O) groups is 2. The standard InChI is InChI=1S/C20H24FN3O2S.ClH/c1-12-9-16(23-18(25)13-5-4-6-14(21)10-13)27-17(12)19(26)24-8-7-15(22)20(2,3)11-24;/h4-6,9-10,15H,7-8,11,22H2,1-3H3,(H,23,25);1H. The minimum absolute atomic E-state index is 0. The van der Waals surface area contributed by atoms with Crippen LogP contribution in [0.4, 0.5) is 9.39 Å². The highest BCUT2D eigenvalue weighted by Gasteiger charge is 2.36. The summed E-state index contributed by atoms with van der Waals surface area (Å²) in [4.78, 5) is 27.7. The molecule has 5 nitrogen and oxygen atoms in total. The van der Waals surface area contributed by atoms with Crippen molar-refractivity contribution in [2.24, 2.45) is 11.1 Å². The largest absolute Gasteiger partial charge is 0.337 e. The van der Waals surface area contributed by atoms with Gasteiger partial charge in [-0.3, -0.25) is 9.59 Å². The number of hydrogen-bond donors (Lipinski definition) is 2. The Morgan fingerprint density at radius 1 is 1.32 bits per heavy atom. The van der Waals surface area contributed by atoms with E-state index in [1.807, 2.05) is 11.8 Å². The van der Waals surface area contributed by atoms with Gasteiger partial charge in [0.15, 0.2) is 0 Å². The number of halogens is 2. The maximum atomic E-state index is 13.3. The first kappa shape index (κ1) is 22.3. The van der Waals surface area contributed by atoms with Gasteiger partial charge in [-0.2, -0.15) is 0 Å². The highest BCUT2D eigenvalue weighted by Crippen LogP contribution is 2.32. The average molecular weight is 426 g/mol. The Kier molecular flexibility index (Phi) is 6.85. The lowest BCUT2D eigenvalue weighted by atomic mass is 9.79. The van der Waals surface area contributed by atoms with Gasteiger partial charge in [-0.25, -0.2) is 4.39 Å². The number of anilines is 1. The van der Waals surface area contributed by atoms with Crippen LogP contribution in [0.15, 0.2) is 30.3 Å². The van der Waals surface area contributed by atoms with E-state index in [4.69, 9.17) is 5.73 Å². The van der Waals surface area contributed by atoms with Crippen LogP contribution in [0.5, 0.6) is 0 Å². The number of hydrogen-bond acceptors (Lipinski definition) is 4. The number of piperidine rings is 1. The Balaban J connectivity index is 0.00000280. The molecule has 0 aliphatic carbocycles. The highest BCUT2D eigenvalue weighted by molar-refractivity contribution is 7.18. The molecule has 2 aromatic rings. The van der Waals surface area contributed by atoms with Gasteiger partial charge in [-0.05, 0) is 48.6 Å². The molecule has 3 rings (SSSR count). The van der Waals surface area contributed by atoms with E-state index in [1.54, 1.807) is 12.1 Å². The molecule has 1 unspecified atom stereocenters. The summed E-state index contributed by atoms with van der Waals surface area (Å²) in [5.74, 6) is -0.907. The summed E-state index contributed by atoms with van der Waals surface area (Å²) < 4.78 is 13.3. The molecule has 1 aliphatic heterocycles. The molecular formula is C20H25ClFN3O2S. The molecule has 0 radical (unpaired) electrons. The van der Waals surface area contributed by atoms with E-state index < -0.39 is 11.7 Å². The second-order valence-electron chi connectivity index (χ2n) is 7.70. The van der Waals surface area contributed by atoms with Gasteiger partial charge in [-0.15, -0.1) is 23.7 Å². The van der Waals surface area contributed by atoms with Gasteiger partial charge >= 0.3 is 0 Å². The van der Waals surface area contributed by atoms with Gasteiger partial charge in [0.1, 0.15) is 5.82 Å². The molecule has 1 aromatic heterocycles. The van der Waals surface area contributed by atoms with Crippen molar-refractivity contribution >= 4 is 40.6 Å². The van der Waals surface area contributed by atoms with Crippen molar-refractivity contribution in [3.63, 3.8) is 0 Å². The van der Waals surface area contributed by atoms with Crippen molar-refractivity contribution in [3.8, 4) is 0 Å². The van der Waals surface area contributed by atoms with E-state index in [0.717, 1.165) is 12.0 Å². The van der Waals surface area contributed by atoms with Gasteiger partial charge in [0, 0.05) is 24.7 Å². The average Bonchev–Trinajstić information content (AvgIpc) is 2.96. The number of thiophene rings is 1. The minimum Gasteiger partial charge on any atom is -0.337 e. The van der Waals surface area contributed by atoms with Gasteiger partial charge in [0.2, 0.25) is 0 Å². The zero-order valence-electron chi connectivity index (χ0n) is 16.1. The summed E-state index contributed by atoms with van der Waals surface area (Å²) >= 11 is 1.24. The summed E-state index contributed by atoms with van der Waals surface area (Å²) in [6, 6.07) is 7.35. The Hall–Kier alpha value is -1.96. The third kappa shape index (κ3) is 4.71. The SMILES string of the molecule is Cc1cc(NC(=O)c2cccc(F)c2)sc1C(=O)N1CCC(N)C(C)(C)C1.Cl. The summed E-state index contributed by atoms with van der Waals surface area (Å²) in [5.41, 5.74) is 7.08. The molecule has 0 spiro atoms. The molecule has 1 aromatic carbocycles. The topological polar surface area (TPSA) is 75.4 Å². The van der Waals surface area contributed by atoms with Crippen molar-refractivity contribution in [1.29, 1.82) is 0 Å². The molecule has 0 bridgehead atoms. The smallest absolute Gasteiger partial charge is 0.264 e. The lowest BCUT2D eigenvalue weighted by Crippen LogP contribution is -2.53. The van der Waals surface area contributed by atoms with Crippen molar-refractivity contribution in [3.05, 3.63) is 52.2 Å². The maximum absolute atomic E-state index is 13.3. The van der Waals surface area contributed by atoms with E-state index in [1.165, 1.54) is 29.5 Å². The predicted molar refractivity (Wildman–Crippen MR) is 113 cm³/mol. The summed E-state index contributed by atoms with van der Waals surface area (Å²) in [7, 11) is 0. The van der Waals surface area contributed by atoms with Crippen LogP contribution in [-0.2, 0) is 0 Å². The molecule has 152 valence electrons. The highest BCUT2D eigenvalue weighted by atomic mass is 35.5. The summed E-state index contributed by atoms with van der Waals surface area (Å²) in [5, 5.41) is 3.32. The third-order valence-corrected chi connectivity index (χ3v) is 6.18. The van der Waals surface area contributed by atoms with Crippen LogP contribution in [0.25, 0.3) is 0 Å². The Labute approximate surface area is 174 Å². The first-order valence-electron chi connectivity index (χ1n) is 8.89. The molecule has 28 heavy (non-hydrogen) atoms. The number of aryl methyl sites for hydroxylation is 1. The zero-order valence-corrected chi connectivity index (χ0v) is 17.8. The van der Waals surface area contributed by atoms with Crippen molar-refractivity contribution in [2.75, 3.05) is 18.4 Å². The van der Waals surface area contributed by atoms with Gasteiger partial charge in [0.05, 0.1) is 9.88 Å². The molecule has 8 heteroatoms. The molecule has 0 saturated carbocycles. The van der Waals surface area contributed by atoms with Gasteiger partial charge in [-0.1, -0.05) is 19.9 Å². The zero-order chi connectivity index (χ0) is 19.8. The molecule has 3 N–H and O–H groups in total. The number of likely N-dealkylation sites (tertiary alicyclic amines) is 1. The van der Waals surface area contributed by atoms with E-state index in [9.17, 15) is 14.0 Å². The van der Waals surface area contributed by atoms with Crippen molar-refractivity contribution in [1.82, 2.24) is 4.90 Å². The van der Waals surface area contributed by atoms with Crippen molar-refractivity contribution < 1.29 is 14.0 Å². The summed E-state index contributed by atoms with van der Waals surface area (Å²) in [6.07, 6.45) is 0.770. The van der Waals surface area contributed by atoms with Gasteiger partial charge in [0.25, 0.3) is 11.8 Å². The molecule has 1 aliphatic rings. The molecule has 2 heterocycles. The van der Waals surface area contributed by atoms with Gasteiger partial charge < -0.3 is 16.0 Å². The minimum atomic E-state index is -0.466. The number of nitrogens with one attached hydrogen (secondary N) is 1. The van der Waals surface area contributed by atoms with Crippen LogP contribution in [0.3, 0.4) is 0 Å².